The SMILES string of the molecule is N=C1/C(=C/c2ccc(OCCOc3ccccc3Cl)cc2)C(=O)N=C2SC(CC(=O)N3CCCC3)=NN12. The third-order valence-electron chi connectivity index (χ3n) is 5.89. The maximum Gasteiger partial charge on any atom is 0.283 e. The van der Waals surface area contributed by atoms with Crippen LogP contribution in [0.2, 0.25) is 5.02 Å². The third kappa shape index (κ3) is 5.86. The van der Waals surface area contributed by atoms with E-state index in [1.807, 2.05) is 17.0 Å². The zero-order valence-electron chi connectivity index (χ0n) is 19.9. The molecule has 0 atom stereocenters. The van der Waals surface area contributed by atoms with Crippen molar-refractivity contribution in [3.63, 3.8) is 0 Å². The number of hydrogen-bond acceptors (Lipinski definition) is 7. The van der Waals surface area contributed by atoms with Gasteiger partial charge >= 0.3 is 0 Å². The van der Waals surface area contributed by atoms with Gasteiger partial charge < -0.3 is 14.4 Å². The second-order valence-electron chi connectivity index (χ2n) is 8.47. The summed E-state index contributed by atoms with van der Waals surface area (Å²) >= 11 is 7.24. The lowest BCUT2D eigenvalue weighted by atomic mass is 10.1. The first kappa shape index (κ1) is 25.0. The van der Waals surface area contributed by atoms with Gasteiger partial charge in [-0.1, -0.05) is 35.9 Å². The number of carbonyl (C=O) groups excluding carboxylic acids is 2. The molecule has 2 aromatic carbocycles. The first-order chi connectivity index (χ1) is 18.0. The second-order valence-corrected chi connectivity index (χ2v) is 9.92. The van der Waals surface area contributed by atoms with Crippen LogP contribution < -0.4 is 9.47 Å². The number of hydrogen-bond donors (Lipinski definition) is 1. The minimum absolute atomic E-state index is 0.00977. The molecule has 1 fully saturated rings. The summed E-state index contributed by atoms with van der Waals surface area (Å²) in [4.78, 5) is 31.0. The number of fused-ring (bicyclic) bond motifs is 1. The van der Waals surface area contributed by atoms with Crippen molar-refractivity contribution in [2.24, 2.45) is 10.1 Å². The van der Waals surface area contributed by atoms with Crippen LogP contribution in [0.5, 0.6) is 11.5 Å². The van der Waals surface area contributed by atoms with Crippen LogP contribution in [-0.4, -0.2) is 64.1 Å². The van der Waals surface area contributed by atoms with Crippen molar-refractivity contribution in [2.45, 2.75) is 19.3 Å². The largest absolute Gasteiger partial charge is 0.490 e. The summed E-state index contributed by atoms with van der Waals surface area (Å²) in [6, 6.07) is 14.4. The van der Waals surface area contributed by atoms with Gasteiger partial charge in [0.05, 0.1) is 17.0 Å². The molecule has 37 heavy (non-hydrogen) atoms. The Morgan fingerprint density at radius 2 is 1.81 bits per heavy atom. The number of aliphatic imine (C=N–C) groups is 1. The summed E-state index contributed by atoms with van der Waals surface area (Å²) in [7, 11) is 0. The summed E-state index contributed by atoms with van der Waals surface area (Å²) in [5.41, 5.74) is 0.841. The van der Waals surface area contributed by atoms with Crippen molar-refractivity contribution in [1.82, 2.24) is 9.91 Å². The average Bonchev–Trinajstić information content (AvgIpc) is 3.57. The lowest BCUT2D eigenvalue weighted by molar-refractivity contribution is -0.128. The standard InChI is InChI=1S/C26H24ClN5O4S/c27-20-5-1-2-6-21(20)36-14-13-35-18-9-7-17(8-10-18)15-19-24(28)32-26(29-25(19)34)37-22(30-32)16-23(33)31-11-3-4-12-31/h1-2,5-10,15,28H,3-4,11-14,16H2/b19-15-,28-24?. The van der Waals surface area contributed by atoms with Gasteiger partial charge in [0.25, 0.3) is 5.91 Å². The van der Waals surface area contributed by atoms with Gasteiger partial charge in [-0.05, 0) is 60.5 Å². The highest BCUT2D eigenvalue weighted by molar-refractivity contribution is 8.27. The first-order valence-electron chi connectivity index (χ1n) is 11.8. The van der Waals surface area contributed by atoms with E-state index in [1.165, 1.54) is 5.01 Å². The Bertz CT molecular complexity index is 1320. The van der Waals surface area contributed by atoms with Crippen LogP contribution in [0.4, 0.5) is 0 Å². The van der Waals surface area contributed by atoms with Gasteiger partial charge in [-0.3, -0.25) is 15.0 Å². The Hall–Kier alpha value is -3.63. The second kappa shape index (κ2) is 11.2. The quantitative estimate of drug-likeness (QED) is 0.394. The van der Waals surface area contributed by atoms with E-state index in [0.29, 0.717) is 45.5 Å². The molecule has 5 rings (SSSR count). The summed E-state index contributed by atoms with van der Waals surface area (Å²) in [5, 5.41) is 15.6. The molecular formula is C26H24ClN5O4S. The number of amides is 2. The van der Waals surface area contributed by atoms with E-state index >= 15 is 0 Å². The summed E-state index contributed by atoms with van der Waals surface area (Å²) in [6.07, 6.45) is 3.78. The van der Waals surface area contributed by atoms with Crippen LogP contribution in [0.3, 0.4) is 0 Å². The van der Waals surface area contributed by atoms with E-state index in [2.05, 4.69) is 10.1 Å². The molecule has 190 valence electrons. The fourth-order valence-corrected chi connectivity index (χ4v) is 5.08. The van der Waals surface area contributed by atoms with Crippen LogP contribution in [0, 0.1) is 5.41 Å². The number of nitrogens with zero attached hydrogens (tertiary/aromatic N) is 4. The molecule has 3 heterocycles. The van der Waals surface area contributed by atoms with Gasteiger partial charge in [0, 0.05) is 13.1 Å². The van der Waals surface area contributed by atoms with Gasteiger partial charge in [0.15, 0.2) is 5.84 Å². The number of carbonyl (C=O) groups is 2. The highest BCUT2D eigenvalue weighted by Gasteiger charge is 2.36. The zero-order valence-corrected chi connectivity index (χ0v) is 21.4. The van der Waals surface area contributed by atoms with Crippen molar-refractivity contribution in [3.8, 4) is 11.5 Å². The fraction of sp³-hybridized carbons (Fsp3) is 0.269. The number of nitrogens with one attached hydrogen (secondary N) is 1. The highest BCUT2D eigenvalue weighted by Crippen LogP contribution is 2.30. The van der Waals surface area contributed by atoms with Crippen molar-refractivity contribution in [2.75, 3.05) is 26.3 Å². The number of thioether (sulfide) groups is 1. The Morgan fingerprint density at radius 1 is 1.08 bits per heavy atom. The van der Waals surface area contributed by atoms with E-state index in [4.69, 9.17) is 26.5 Å². The highest BCUT2D eigenvalue weighted by atomic mass is 35.5. The molecule has 1 saturated heterocycles. The molecule has 2 amide bonds. The predicted molar refractivity (Wildman–Crippen MR) is 144 cm³/mol. The maximum atomic E-state index is 12.7. The van der Waals surface area contributed by atoms with Crippen LogP contribution in [0.15, 0.2) is 64.2 Å². The molecule has 0 aromatic heterocycles. The molecule has 0 saturated carbocycles. The number of rotatable bonds is 8. The monoisotopic (exact) mass is 537 g/mol. The van der Waals surface area contributed by atoms with E-state index < -0.39 is 5.91 Å². The van der Waals surface area contributed by atoms with E-state index in [1.54, 1.807) is 42.5 Å². The van der Waals surface area contributed by atoms with E-state index in [9.17, 15) is 9.59 Å². The first-order valence-corrected chi connectivity index (χ1v) is 13.0. The fourth-order valence-electron chi connectivity index (χ4n) is 4.01. The molecule has 9 nitrogen and oxygen atoms in total. The Labute approximate surface area is 223 Å². The van der Waals surface area contributed by atoms with E-state index in [0.717, 1.165) is 37.7 Å². The Morgan fingerprint density at radius 3 is 2.57 bits per heavy atom. The molecule has 0 bridgehead atoms. The lowest BCUT2D eigenvalue weighted by Crippen LogP contribution is -2.35. The molecule has 3 aliphatic heterocycles. The van der Waals surface area contributed by atoms with Gasteiger partial charge in [-0.2, -0.15) is 15.1 Å². The van der Waals surface area contributed by atoms with Crippen LogP contribution in [-0.2, 0) is 9.59 Å². The number of para-hydroxylation sites is 1. The lowest BCUT2D eigenvalue weighted by Gasteiger charge is -2.20. The third-order valence-corrected chi connectivity index (χ3v) is 7.12. The molecule has 2 aromatic rings. The minimum atomic E-state index is -0.511. The van der Waals surface area contributed by atoms with Gasteiger partial charge in [0.1, 0.15) is 29.8 Å². The molecule has 0 unspecified atom stereocenters. The number of halogens is 1. The predicted octanol–water partition coefficient (Wildman–Crippen LogP) is 4.43. The summed E-state index contributed by atoms with van der Waals surface area (Å²) in [6.45, 7) is 2.20. The van der Waals surface area contributed by atoms with E-state index in [-0.39, 0.29) is 23.7 Å². The smallest absolute Gasteiger partial charge is 0.283 e. The van der Waals surface area contributed by atoms with Crippen molar-refractivity contribution >= 4 is 57.3 Å². The van der Waals surface area contributed by atoms with Crippen LogP contribution in [0.1, 0.15) is 24.8 Å². The zero-order chi connectivity index (χ0) is 25.8. The number of amidine groups is 2. The van der Waals surface area contributed by atoms with Crippen molar-refractivity contribution in [3.05, 3.63) is 64.7 Å². The van der Waals surface area contributed by atoms with Crippen molar-refractivity contribution < 1.29 is 19.1 Å². The minimum Gasteiger partial charge on any atom is -0.490 e. The molecular weight excluding hydrogens is 514 g/mol. The topological polar surface area (TPSA) is 108 Å². The number of ether oxygens (including phenoxy) is 2. The molecule has 11 heteroatoms. The average molecular weight is 538 g/mol. The molecule has 0 spiro atoms. The van der Waals surface area contributed by atoms with Crippen LogP contribution in [0.25, 0.3) is 6.08 Å². The molecule has 0 radical (unpaired) electrons. The summed E-state index contributed by atoms with van der Waals surface area (Å²) < 4.78 is 11.3. The number of benzene rings is 2. The normalized spacial score (nSPS) is 18.1. The molecule has 0 aliphatic carbocycles. The van der Waals surface area contributed by atoms with Gasteiger partial charge in [-0.25, -0.2) is 0 Å². The number of hydrazone groups is 1. The summed E-state index contributed by atoms with van der Waals surface area (Å²) in [5.74, 6) is 0.677. The molecule has 3 aliphatic rings. The van der Waals surface area contributed by atoms with Crippen LogP contribution >= 0.6 is 23.4 Å². The van der Waals surface area contributed by atoms with Gasteiger partial charge in [0.2, 0.25) is 11.1 Å². The molecule has 1 N–H and O–H groups in total. The maximum absolute atomic E-state index is 12.7. The Balaban J connectivity index is 1.18. The number of likely N-dealkylation sites (tertiary alicyclic amines) is 1. The Kier molecular flexibility index (Phi) is 7.57. The van der Waals surface area contributed by atoms with Crippen molar-refractivity contribution in [1.29, 1.82) is 5.41 Å². The van der Waals surface area contributed by atoms with Gasteiger partial charge in [-0.15, -0.1) is 0 Å².